The smallest absolute Gasteiger partial charge is 0.169 e. The fourth-order valence-corrected chi connectivity index (χ4v) is 3.75. The van der Waals surface area contributed by atoms with Gasteiger partial charge >= 0.3 is 0 Å². The summed E-state index contributed by atoms with van der Waals surface area (Å²) in [5.74, 6) is 1.86. The highest BCUT2D eigenvalue weighted by Gasteiger charge is 2.18. The molecule has 0 aliphatic carbocycles. The number of hydrogen-bond acceptors (Lipinski definition) is 5. The van der Waals surface area contributed by atoms with Crippen molar-refractivity contribution < 1.29 is 0 Å². The Balaban J connectivity index is 1.93. The van der Waals surface area contributed by atoms with Gasteiger partial charge in [-0.1, -0.05) is 55.8 Å². The molecule has 0 unspecified atom stereocenters. The summed E-state index contributed by atoms with van der Waals surface area (Å²) in [5, 5.41) is 1.12. The van der Waals surface area contributed by atoms with Crippen LogP contribution in [0.3, 0.4) is 0 Å². The Morgan fingerprint density at radius 1 is 1.00 bits per heavy atom. The van der Waals surface area contributed by atoms with E-state index in [2.05, 4.69) is 64.8 Å². The number of rotatable bonds is 8. The van der Waals surface area contributed by atoms with E-state index < -0.39 is 0 Å². The average Bonchev–Trinajstić information content (AvgIpc) is 3.12. The Morgan fingerprint density at radius 3 is 2.48 bits per heavy atom. The monoisotopic (exact) mass is 388 g/mol. The zero-order valence-electron chi connectivity index (χ0n) is 17.1. The maximum Gasteiger partial charge on any atom is 0.169 e. The first-order valence-electron chi connectivity index (χ1n) is 10.2. The number of hydrazine groups is 1. The van der Waals surface area contributed by atoms with Crippen LogP contribution in [0.25, 0.3) is 21.9 Å². The Bertz CT molecular complexity index is 1110. The zero-order chi connectivity index (χ0) is 20.2. The third-order valence-electron chi connectivity index (χ3n) is 5.26. The van der Waals surface area contributed by atoms with E-state index in [9.17, 15) is 0 Å². The molecule has 0 aliphatic rings. The fraction of sp³-hybridized carbons (Fsp3) is 0.304. The lowest BCUT2D eigenvalue weighted by Crippen LogP contribution is -2.16. The molecule has 6 nitrogen and oxygen atoms in total. The summed E-state index contributed by atoms with van der Waals surface area (Å²) >= 11 is 0. The topological polar surface area (TPSA) is 80.8 Å². The standard InChI is InChI=1S/C23H28N6/c1-3-4-9-20-27-21-22(29(20)15-17-12-10-16(14-24)11-13-17)18-7-5-6-8-19(18)26-23(21)28-25-2/h5-8,10-13,25H,3-4,9,14-15,24H2,1-2H3,(H,26,28). The highest BCUT2D eigenvalue weighted by Crippen LogP contribution is 2.31. The predicted octanol–water partition coefficient (Wildman–Crippen LogP) is 3.98. The number of nitrogens with one attached hydrogen (secondary N) is 2. The van der Waals surface area contributed by atoms with E-state index in [-0.39, 0.29) is 0 Å². The molecule has 6 heteroatoms. The van der Waals surface area contributed by atoms with Gasteiger partial charge in [-0.05, 0) is 23.6 Å². The molecule has 29 heavy (non-hydrogen) atoms. The Morgan fingerprint density at radius 2 is 1.76 bits per heavy atom. The van der Waals surface area contributed by atoms with Crippen molar-refractivity contribution in [3.8, 4) is 0 Å². The number of aromatic nitrogens is 3. The SMILES string of the molecule is CCCCc1nc2c(NNC)nc3ccccc3c2n1Cc1ccc(CN)cc1. The van der Waals surface area contributed by atoms with Gasteiger partial charge in [0.15, 0.2) is 5.82 Å². The maximum absolute atomic E-state index is 5.76. The molecule has 4 aromatic rings. The van der Waals surface area contributed by atoms with Crippen molar-refractivity contribution in [1.82, 2.24) is 20.0 Å². The molecule has 0 aliphatic heterocycles. The van der Waals surface area contributed by atoms with Crippen molar-refractivity contribution in [2.75, 3.05) is 12.5 Å². The molecule has 0 spiro atoms. The summed E-state index contributed by atoms with van der Waals surface area (Å²) in [6, 6.07) is 16.8. The molecule has 0 saturated heterocycles. The molecule has 0 amide bonds. The zero-order valence-corrected chi connectivity index (χ0v) is 17.1. The van der Waals surface area contributed by atoms with Crippen LogP contribution in [-0.2, 0) is 19.5 Å². The Hall–Kier alpha value is -2.96. The second-order valence-electron chi connectivity index (χ2n) is 7.29. The number of fused-ring (bicyclic) bond motifs is 3. The number of benzene rings is 2. The van der Waals surface area contributed by atoms with E-state index in [0.29, 0.717) is 6.54 Å². The molecular formula is C23H28N6. The Labute approximate surface area is 171 Å². The van der Waals surface area contributed by atoms with Crippen LogP contribution >= 0.6 is 0 Å². The first-order chi connectivity index (χ1) is 14.2. The van der Waals surface area contributed by atoms with Crippen molar-refractivity contribution in [1.29, 1.82) is 0 Å². The van der Waals surface area contributed by atoms with Crippen LogP contribution < -0.4 is 16.6 Å². The van der Waals surface area contributed by atoms with Gasteiger partial charge < -0.3 is 15.7 Å². The van der Waals surface area contributed by atoms with E-state index in [4.69, 9.17) is 15.7 Å². The fourth-order valence-electron chi connectivity index (χ4n) is 3.75. The summed E-state index contributed by atoms with van der Waals surface area (Å²) in [6.07, 6.45) is 3.18. The molecule has 0 bridgehead atoms. The summed E-state index contributed by atoms with van der Waals surface area (Å²) in [4.78, 5) is 9.82. The van der Waals surface area contributed by atoms with E-state index in [0.717, 1.165) is 64.9 Å². The first-order valence-corrected chi connectivity index (χ1v) is 10.2. The van der Waals surface area contributed by atoms with Crippen molar-refractivity contribution in [2.45, 2.75) is 39.3 Å². The molecule has 2 aromatic carbocycles. The van der Waals surface area contributed by atoms with Crippen molar-refractivity contribution in [3.63, 3.8) is 0 Å². The van der Waals surface area contributed by atoms with Crippen molar-refractivity contribution >= 4 is 27.8 Å². The molecule has 2 aromatic heterocycles. The van der Waals surface area contributed by atoms with Gasteiger partial charge in [0.1, 0.15) is 11.3 Å². The van der Waals surface area contributed by atoms with Crippen LogP contribution in [0.2, 0.25) is 0 Å². The molecule has 4 N–H and O–H groups in total. The summed E-state index contributed by atoms with van der Waals surface area (Å²) in [7, 11) is 1.84. The molecule has 0 atom stereocenters. The lowest BCUT2D eigenvalue weighted by Gasteiger charge is -2.12. The van der Waals surface area contributed by atoms with Crippen LogP contribution in [0.4, 0.5) is 5.82 Å². The molecular weight excluding hydrogens is 360 g/mol. The quantitative estimate of drug-likeness (QED) is 0.398. The van der Waals surface area contributed by atoms with Crippen molar-refractivity contribution in [2.24, 2.45) is 5.73 Å². The van der Waals surface area contributed by atoms with Gasteiger partial charge in [0, 0.05) is 31.9 Å². The van der Waals surface area contributed by atoms with Crippen LogP contribution in [0.5, 0.6) is 0 Å². The number of nitrogens with two attached hydrogens (primary N) is 1. The summed E-state index contributed by atoms with van der Waals surface area (Å²) < 4.78 is 2.35. The average molecular weight is 389 g/mol. The molecule has 0 radical (unpaired) electrons. The van der Waals surface area contributed by atoms with E-state index in [1.54, 1.807) is 0 Å². The summed E-state index contributed by atoms with van der Waals surface area (Å²) in [5.41, 5.74) is 17.3. The van der Waals surface area contributed by atoms with Gasteiger partial charge in [-0.25, -0.2) is 15.4 Å². The normalized spacial score (nSPS) is 11.4. The van der Waals surface area contributed by atoms with E-state index >= 15 is 0 Å². The minimum Gasteiger partial charge on any atom is -0.326 e. The van der Waals surface area contributed by atoms with Crippen molar-refractivity contribution in [3.05, 3.63) is 65.5 Å². The lowest BCUT2D eigenvalue weighted by atomic mass is 10.1. The third-order valence-corrected chi connectivity index (χ3v) is 5.26. The molecule has 2 heterocycles. The largest absolute Gasteiger partial charge is 0.326 e. The lowest BCUT2D eigenvalue weighted by molar-refractivity contribution is 0.690. The predicted molar refractivity (Wildman–Crippen MR) is 120 cm³/mol. The number of unbranched alkanes of at least 4 members (excludes halogenated alkanes) is 1. The van der Waals surface area contributed by atoms with Gasteiger partial charge in [0.2, 0.25) is 0 Å². The number of para-hydroxylation sites is 1. The number of pyridine rings is 1. The highest BCUT2D eigenvalue weighted by atomic mass is 15.4. The second kappa shape index (κ2) is 8.59. The minimum atomic E-state index is 0.561. The van der Waals surface area contributed by atoms with Crippen LogP contribution in [-0.4, -0.2) is 21.6 Å². The molecule has 0 fully saturated rings. The van der Waals surface area contributed by atoms with E-state index in [1.807, 2.05) is 13.1 Å². The minimum absolute atomic E-state index is 0.561. The number of aryl methyl sites for hydroxylation is 1. The first kappa shape index (κ1) is 19.4. The summed E-state index contributed by atoms with van der Waals surface area (Å²) in [6.45, 7) is 3.54. The molecule has 150 valence electrons. The van der Waals surface area contributed by atoms with Gasteiger partial charge in [0.05, 0.1) is 11.0 Å². The third kappa shape index (κ3) is 3.81. The maximum atomic E-state index is 5.76. The highest BCUT2D eigenvalue weighted by molar-refractivity contribution is 6.07. The number of hydrogen-bond donors (Lipinski definition) is 3. The number of imidazole rings is 1. The van der Waals surface area contributed by atoms with Gasteiger partial charge in [0.25, 0.3) is 0 Å². The van der Waals surface area contributed by atoms with Crippen LogP contribution in [0.1, 0.15) is 36.7 Å². The number of nitrogens with zero attached hydrogens (tertiary/aromatic N) is 3. The Kier molecular flexibility index (Phi) is 5.74. The number of anilines is 1. The van der Waals surface area contributed by atoms with Gasteiger partial charge in [-0.15, -0.1) is 0 Å². The van der Waals surface area contributed by atoms with E-state index in [1.165, 1.54) is 5.56 Å². The second-order valence-corrected chi connectivity index (χ2v) is 7.29. The molecule has 0 saturated carbocycles. The molecule has 4 rings (SSSR count). The van der Waals surface area contributed by atoms with Crippen LogP contribution in [0, 0.1) is 0 Å². The van der Waals surface area contributed by atoms with Gasteiger partial charge in [-0.2, -0.15) is 0 Å². The van der Waals surface area contributed by atoms with Crippen LogP contribution in [0.15, 0.2) is 48.5 Å². The van der Waals surface area contributed by atoms with Gasteiger partial charge in [-0.3, -0.25) is 0 Å².